The maximum Gasteiger partial charge on any atom is 0.473 e. The van der Waals surface area contributed by atoms with Crippen molar-refractivity contribution in [3.05, 3.63) is 0 Å². The van der Waals surface area contributed by atoms with Crippen LogP contribution in [0.15, 0.2) is 0 Å². The van der Waals surface area contributed by atoms with Gasteiger partial charge in [-0.05, 0) is 37.0 Å². The molecule has 0 radical (unpaired) electrons. The molecular formula is C63H121N2O15P. The van der Waals surface area contributed by atoms with Crippen LogP contribution in [-0.2, 0) is 51.7 Å². The van der Waals surface area contributed by atoms with Gasteiger partial charge in [-0.3, -0.25) is 28.2 Å². The van der Waals surface area contributed by atoms with Crippen LogP contribution in [0.3, 0.4) is 0 Å². The molecule has 0 aromatic heterocycles. The molecule has 2 amide bonds. The van der Waals surface area contributed by atoms with E-state index in [2.05, 4.69) is 52.2 Å². The average Bonchev–Trinajstić information content (AvgIpc) is 3.41. The maximum atomic E-state index is 13.7. The largest absolute Gasteiger partial charge is 0.473 e. The molecule has 0 aromatic carbocycles. The molecule has 1 heterocycles. The number of hydrogen-bond acceptors (Lipinski definition) is 14. The number of aliphatic hydroxyl groups excluding tert-OH is 3. The van der Waals surface area contributed by atoms with E-state index in [1.165, 1.54) is 142 Å². The number of carbonyl (C=O) groups excluding carboxylic acids is 4. The van der Waals surface area contributed by atoms with E-state index >= 15 is 0 Å². The summed E-state index contributed by atoms with van der Waals surface area (Å²) in [7, 11) is -5.18. The summed E-state index contributed by atoms with van der Waals surface area (Å²) < 4.78 is 47.2. The van der Waals surface area contributed by atoms with Crippen LogP contribution in [0.2, 0.25) is 0 Å². The van der Waals surface area contributed by atoms with Crippen molar-refractivity contribution in [2.24, 2.45) is 17.8 Å². The van der Waals surface area contributed by atoms with E-state index in [1.54, 1.807) is 0 Å². The Bertz CT molecular complexity index is 1610. The summed E-state index contributed by atoms with van der Waals surface area (Å²) in [4.78, 5) is 63.0. The molecular weight excluding hydrogens is 1060 g/mol. The van der Waals surface area contributed by atoms with Gasteiger partial charge in [0.2, 0.25) is 5.91 Å². The van der Waals surface area contributed by atoms with Crippen LogP contribution in [0.1, 0.15) is 286 Å². The van der Waals surface area contributed by atoms with Gasteiger partial charge in [0, 0.05) is 26.3 Å². The fourth-order valence-electron chi connectivity index (χ4n) is 10.2. The summed E-state index contributed by atoms with van der Waals surface area (Å²) in [6.07, 6.45) is 30.6. The fraction of sp³-hybridized carbons (Fsp3) is 0.937. The Morgan fingerprint density at radius 1 is 0.531 bits per heavy atom. The number of ether oxygens (including phenoxy) is 4. The normalized spacial score (nSPS) is 19.0. The minimum Gasteiger partial charge on any atom is -0.462 e. The number of amides is 2. The molecule has 1 saturated heterocycles. The monoisotopic (exact) mass is 1180 g/mol. The van der Waals surface area contributed by atoms with E-state index in [1.807, 2.05) is 0 Å². The third-order valence-electron chi connectivity index (χ3n) is 15.2. The molecule has 1 aliphatic rings. The highest BCUT2D eigenvalue weighted by Gasteiger charge is 2.46. The first-order valence-corrected chi connectivity index (χ1v) is 34.1. The highest BCUT2D eigenvalue weighted by atomic mass is 31.2. The zero-order chi connectivity index (χ0) is 59.9. The number of phosphoric acid groups is 1. The van der Waals surface area contributed by atoms with E-state index in [4.69, 9.17) is 28.0 Å². The number of carbonyl (C=O) groups is 4. The lowest BCUT2D eigenvalue weighted by Crippen LogP contribution is -2.64. The molecule has 0 spiro atoms. The van der Waals surface area contributed by atoms with Crippen LogP contribution in [0.25, 0.3) is 0 Å². The Balaban J connectivity index is 2.93. The first-order chi connectivity index (χ1) is 38.8. The molecule has 6 N–H and O–H groups in total. The third-order valence-corrected chi connectivity index (χ3v) is 16.2. The Morgan fingerprint density at radius 2 is 0.926 bits per heavy atom. The molecule has 1 unspecified atom stereocenters. The molecule has 478 valence electrons. The molecule has 18 heteroatoms. The van der Waals surface area contributed by atoms with Crippen LogP contribution in [0.5, 0.6) is 0 Å². The number of esters is 2. The predicted molar refractivity (Wildman–Crippen MR) is 321 cm³/mol. The molecule has 0 saturated carbocycles. The van der Waals surface area contributed by atoms with E-state index in [9.17, 15) is 44.0 Å². The molecule has 1 rings (SSSR count). The number of unbranched alkanes of at least 4 members (excludes halogenated alkanes) is 29. The van der Waals surface area contributed by atoms with Crippen molar-refractivity contribution in [1.29, 1.82) is 0 Å². The molecule has 0 bridgehead atoms. The van der Waals surface area contributed by atoms with E-state index in [-0.39, 0.29) is 19.4 Å². The average molecular weight is 1180 g/mol. The number of nitrogens with one attached hydrogen (secondary N) is 2. The molecule has 1 fully saturated rings. The number of rotatable bonds is 55. The van der Waals surface area contributed by atoms with E-state index in [0.29, 0.717) is 19.3 Å². The lowest BCUT2D eigenvalue weighted by atomic mass is 9.97. The third kappa shape index (κ3) is 44.0. The van der Waals surface area contributed by atoms with Crippen LogP contribution in [-0.4, -0.2) is 120 Å². The lowest BCUT2D eigenvalue weighted by Gasteiger charge is -2.42. The zero-order valence-electron chi connectivity index (χ0n) is 52.2. The molecule has 0 aromatic rings. The highest BCUT2D eigenvalue weighted by Crippen LogP contribution is 2.45. The quantitative estimate of drug-likeness (QED) is 0.0188. The van der Waals surface area contributed by atoms with Gasteiger partial charge >= 0.3 is 19.8 Å². The summed E-state index contributed by atoms with van der Waals surface area (Å²) in [5, 5.41) is 36.4. The van der Waals surface area contributed by atoms with Crippen molar-refractivity contribution in [2.75, 3.05) is 33.0 Å². The van der Waals surface area contributed by atoms with E-state index in [0.717, 1.165) is 88.4 Å². The maximum absolute atomic E-state index is 13.7. The van der Waals surface area contributed by atoms with Crippen LogP contribution < -0.4 is 10.6 Å². The second kappa shape index (κ2) is 50.0. The topological polar surface area (TPSA) is 246 Å². The second-order valence-corrected chi connectivity index (χ2v) is 26.0. The SMILES string of the molecule is CC(=O)N[C@H]1[C@@H](OC[C@@H](OP(=O)(O)OC[C@H](COC(=O)CCCCCCCCCCCC(C)C)OC(=O)CCCCCCCCCCCCCC(C)C)C(=O)NCCCCCCCCCCCCCCC(C)C)O[C@H](CO)[C@@H](O)[C@@H]1O. The van der Waals surface area contributed by atoms with Gasteiger partial charge in [0.15, 0.2) is 18.5 Å². The van der Waals surface area contributed by atoms with Crippen molar-refractivity contribution in [1.82, 2.24) is 10.6 Å². The van der Waals surface area contributed by atoms with Gasteiger partial charge in [0.05, 0.1) is 19.8 Å². The second-order valence-electron chi connectivity index (χ2n) is 24.6. The van der Waals surface area contributed by atoms with Gasteiger partial charge in [0.1, 0.15) is 31.0 Å². The van der Waals surface area contributed by atoms with Gasteiger partial charge in [-0.25, -0.2) is 4.57 Å². The molecule has 17 nitrogen and oxygen atoms in total. The minimum atomic E-state index is -5.18. The molecule has 1 aliphatic heterocycles. The van der Waals surface area contributed by atoms with Crippen molar-refractivity contribution in [3.63, 3.8) is 0 Å². The van der Waals surface area contributed by atoms with Gasteiger partial charge in [-0.2, -0.15) is 0 Å². The summed E-state index contributed by atoms with van der Waals surface area (Å²) in [6, 6.07) is -1.36. The van der Waals surface area contributed by atoms with Gasteiger partial charge < -0.3 is 49.8 Å². The Hall–Kier alpha value is -2.21. The molecule has 0 aliphatic carbocycles. The number of aliphatic hydroxyl groups is 3. The number of hydrogen-bond donors (Lipinski definition) is 6. The van der Waals surface area contributed by atoms with Crippen molar-refractivity contribution >= 4 is 31.6 Å². The van der Waals surface area contributed by atoms with Crippen molar-refractivity contribution in [3.8, 4) is 0 Å². The van der Waals surface area contributed by atoms with Crippen LogP contribution in [0.4, 0.5) is 0 Å². The fourth-order valence-corrected chi connectivity index (χ4v) is 11.1. The summed E-state index contributed by atoms with van der Waals surface area (Å²) in [6.45, 7) is 12.4. The molecule has 81 heavy (non-hydrogen) atoms. The molecule has 8 atom stereocenters. The van der Waals surface area contributed by atoms with Gasteiger partial charge in [0.25, 0.3) is 5.91 Å². The summed E-state index contributed by atoms with van der Waals surface area (Å²) in [5.74, 6) is -0.230. The van der Waals surface area contributed by atoms with Crippen LogP contribution in [0, 0.1) is 17.8 Å². The summed E-state index contributed by atoms with van der Waals surface area (Å²) >= 11 is 0. The zero-order valence-corrected chi connectivity index (χ0v) is 53.1. The van der Waals surface area contributed by atoms with Gasteiger partial charge in [-0.15, -0.1) is 0 Å². The van der Waals surface area contributed by atoms with Crippen molar-refractivity contribution < 1.29 is 72.0 Å². The highest BCUT2D eigenvalue weighted by molar-refractivity contribution is 7.47. The van der Waals surface area contributed by atoms with Crippen LogP contribution >= 0.6 is 7.82 Å². The Kier molecular flexibility index (Phi) is 47.4. The standard InChI is InChI=1S/C63H121N2O15P/c1-50(2)40-34-28-22-16-11-8-9-14-21-27-33-39-45-64-62(72)56(49-76-63-59(65-53(7)67)61(71)60(70)55(46-66)79-63)80-81(73,74)77-48-54(47-75-57(68)43-37-31-25-20-15-18-24-30-36-42-52(5)6)78-58(69)44-38-32-26-19-13-10-12-17-23-29-35-41-51(3)4/h50-52,54-56,59-61,63,66,70-71H,8-49H2,1-7H3,(H,64,72)(H,65,67)(H,73,74)/t54-,55+,56+,59+,60+,61+,63-/m0/s1. The first-order valence-electron chi connectivity index (χ1n) is 32.6. The Morgan fingerprint density at radius 3 is 1.33 bits per heavy atom. The van der Waals surface area contributed by atoms with Gasteiger partial charge in [-0.1, -0.05) is 247 Å². The summed E-state index contributed by atoms with van der Waals surface area (Å²) in [5.41, 5.74) is 0. The lowest BCUT2D eigenvalue weighted by molar-refractivity contribution is -0.273. The predicted octanol–water partition coefficient (Wildman–Crippen LogP) is 13.4. The number of phosphoric ester groups is 1. The van der Waals surface area contributed by atoms with Crippen molar-refractivity contribution in [2.45, 2.75) is 329 Å². The smallest absolute Gasteiger partial charge is 0.462 e. The first kappa shape index (κ1) is 76.8. The van der Waals surface area contributed by atoms with E-state index < -0.39 is 101 Å². The Labute approximate surface area is 492 Å². The minimum absolute atomic E-state index is 0.0933.